The van der Waals surface area contributed by atoms with Crippen LogP contribution in [0.5, 0.6) is 0 Å². The lowest BCUT2D eigenvalue weighted by Crippen LogP contribution is -2.59. The maximum absolute atomic E-state index is 15.3. The largest absolute Gasteiger partial charge is 0.460 e. The second kappa shape index (κ2) is 38.0. The van der Waals surface area contributed by atoms with Crippen LogP contribution in [0.3, 0.4) is 0 Å². The third kappa shape index (κ3) is 31.2. The lowest BCUT2D eigenvalue weighted by Gasteiger charge is -2.39. The molecular weight excluding hydrogens is 1050 g/mol. The van der Waals surface area contributed by atoms with Gasteiger partial charge in [-0.05, 0) is 56.3 Å². The molecule has 0 saturated carbocycles. The first-order valence-corrected chi connectivity index (χ1v) is 28.7. The number of ether oxygens (including phenoxy) is 6. The van der Waals surface area contributed by atoms with Gasteiger partial charge in [0.2, 0.25) is 11.8 Å². The van der Waals surface area contributed by atoms with Gasteiger partial charge in [0, 0.05) is 88.5 Å². The topological polar surface area (TPSA) is 258 Å². The van der Waals surface area contributed by atoms with E-state index >= 15 is 14.4 Å². The Morgan fingerprint density at radius 2 is 0.679 bits per heavy atom. The Morgan fingerprint density at radius 3 is 0.926 bits per heavy atom. The zero-order valence-corrected chi connectivity index (χ0v) is 51.6. The van der Waals surface area contributed by atoms with E-state index in [4.69, 9.17) is 28.4 Å². The number of nitrogens with one attached hydrogen (secondary N) is 3. The van der Waals surface area contributed by atoms with Gasteiger partial charge in [0.15, 0.2) is 5.78 Å². The Kier molecular flexibility index (Phi) is 34.3. The molecular formula is C59H101N7O15. The van der Waals surface area contributed by atoms with Gasteiger partial charge in [0.05, 0.1) is 26.2 Å². The first-order valence-electron chi connectivity index (χ1n) is 28.7. The highest BCUT2D eigenvalue weighted by Crippen LogP contribution is 2.31. The van der Waals surface area contributed by atoms with E-state index in [0.29, 0.717) is 39.3 Å². The molecule has 0 aromatic carbocycles. The van der Waals surface area contributed by atoms with Crippen LogP contribution in [0.4, 0.5) is 14.4 Å². The van der Waals surface area contributed by atoms with E-state index in [1.807, 2.05) is 83.1 Å². The van der Waals surface area contributed by atoms with Gasteiger partial charge in [0.1, 0.15) is 50.0 Å². The number of carbonyl (C=O) groups excluding carboxylic acids is 9. The van der Waals surface area contributed by atoms with Gasteiger partial charge >= 0.3 is 36.2 Å². The molecule has 5 amide bonds. The average Bonchev–Trinajstić information content (AvgIpc) is 3.39. The summed E-state index contributed by atoms with van der Waals surface area (Å²) in [6, 6.07) is 0. The number of ketones is 1. The van der Waals surface area contributed by atoms with E-state index in [0.717, 1.165) is 4.90 Å². The van der Waals surface area contributed by atoms with E-state index < -0.39 is 90.5 Å². The number of amides is 5. The number of Topliss-reactive ketones (excluding diaryl/α,β-unsaturated/α-hetero) is 1. The maximum Gasteiger partial charge on any atom is 0.407 e. The van der Waals surface area contributed by atoms with Crippen LogP contribution in [0.25, 0.3) is 0 Å². The van der Waals surface area contributed by atoms with Gasteiger partial charge in [-0.3, -0.25) is 34.0 Å². The molecule has 462 valence electrons. The van der Waals surface area contributed by atoms with Crippen molar-refractivity contribution in [1.29, 1.82) is 0 Å². The lowest BCUT2D eigenvalue weighted by molar-refractivity contribution is -0.164. The monoisotopic (exact) mass is 1150 g/mol. The fourth-order valence-electron chi connectivity index (χ4n) is 9.24. The molecule has 1 rings (SSSR count). The molecule has 1 aliphatic heterocycles. The number of carbonyl (C=O) groups is 9. The van der Waals surface area contributed by atoms with Crippen LogP contribution in [0.15, 0.2) is 36.5 Å². The molecule has 3 N–H and O–H groups in total. The molecule has 0 aromatic heterocycles. The van der Waals surface area contributed by atoms with Crippen LogP contribution in [0.1, 0.15) is 117 Å². The van der Waals surface area contributed by atoms with Crippen LogP contribution >= 0.6 is 0 Å². The van der Waals surface area contributed by atoms with E-state index in [9.17, 15) is 28.8 Å². The summed E-state index contributed by atoms with van der Waals surface area (Å²) < 4.78 is 33.6. The Morgan fingerprint density at radius 1 is 0.432 bits per heavy atom. The fraction of sp³-hybridized carbons (Fsp3) is 0.746. The molecule has 22 heteroatoms. The number of likely N-dealkylation sites (tertiary alicyclic amines) is 1. The van der Waals surface area contributed by atoms with Crippen molar-refractivity contribution in [2.24, 2.45) is 47.3 Å². The highest BCUT2D eigenvalue weighted by atomic mass is 16.6. The van der Waals surface area contributed by atoms with Gasteiger partial charge in [-0.15, -0.1) is 0 Å². The fourth-order valence-corrected chi connectivity index (χ4v) is 9.24. The molecule has 22 nitrogen and oxygen atoms in total. The second-order valence-corrected chi connectivity index (χ2v) is 23.9. The Labute approximate surface area is 483 Å². The van der Waals surface area contributed by atoms with E-state index in [-0.39, 0.29) is 124 Å². The summed E-state index contributed by atoms with van der Waals surface area (Å²) in [5.74, 6) is -6.75. The summed E-state index contributed by atoms with van der Waals surface area (Å²) in [6.45, 7) is 41.7. The number of hydrogen-bond donors (Lipinski definition) is 3. The number of imide groups is 1. The first-order chi connectivity index (χ1) is 37.8. The number of piperidine rings is 1. The molecule has 1 heterocycles. The maximum atomic E-state index is 15.3. The van der Waals surface area contributed by atoms with Crippen molar-refractivity contribution in [3.05, 3.63) is 36.5 Å². The van der Waals surface area contributed by atoms with E-state index in [1.54, 1.807) is 0 Å². The highest BCUT2D eigenvalue weighted by Gasteiger charge is 2.50. The molecule has 0 bridgehead atoms. The Balaban J connectivity index is 4.15. The smallest absolute Gasteiger partial charge is 0.407 e. The van der Waals surface area contributed by atoms with Crippen LogP contribution in [0.2, 0.25) is 0 Å². The number of nitrogens with zero attached hydrogens (tertiary/aromatic N) is 4. The quantitative estimate of drug-likeness (QED) is 0.0150. The molecule has 5 unspecified atom stereocenters. The van der Waals surface area contributed by atoms with Crippen molar-refractivity contribution in [3.63, 3.8) is 0 Å². The predicted molar refractivity (Wildman–Crippen MR) is 308 cm³/mol. The second-order valence-electron chi connectivity index (χ2n) is 23.9. The molecule has 0 aliphatic carbocycles. The SMILES string of the molecule is C=C(C)C(=O)OCCNC(=O)OC(CC1C(=O)C(CC(CN(CC(C)C)CC(C)C)OC(=O)NCCOC(=O)C(=C)C)C(=O)N(CC(CN(CC(C)C)CC(C)C)OC(=O)NCCOC(=O)C(=C)C)C1=O)CN(CC(C)C)CC(C)C. The number of alkyl carbamates (subject to hydrolysis) is 3. The van der Waals surface area contributed by atoms with Crippen LogP contribution < -0.4 is 16.0 Å². The summed E-state index contributed by atoms with van der Waals surface area (Å²) in [4.78, 5) is 130. The number of rotatable bonds is 39. The minimum atomic E-state index is -1.60. The van der Waals surface area contributed by atoms with Crippen LogP contribution in [-0.2, 0) is 57.2 Å². The van der Waals surface area contributed by atoms with E-state index in [1.165, 1.54) is 20.8 Å². The van der Waals surface area contributed by atoms with Crippen molar-refractivity contribution in [3.8, 4) is 0 Å². The third-order valence-electron chi connectivity index (χ3n) is 12.0. The number of esters is 3. The first kappa shape index (κ1) is 73.1. The van der Waals surface area contributed by atoms with Crippen molar-refractivity contribution >= 4 is 53.8 Å². The predicted octanol–water partition coefficient (Wildman–Crippen LogP) is 6.42. The van der Waals surface area contributed by atoms with Crippen LogP contribution in [0, 0.1) is 47.3 Å². The van der Waals surface area contributed by atoms with Gasteiger partial charge in [-0.1, -0.05) is 103 Å². The Bertz CT molecular complexity index is 1820. The molecule has 0 radical (unpaired) electrons. The zero-order chi connectivity index (χ0) is 61.7. The molecule has 1 saturated heterocycles. The summed E-state index contributed by atoms with van der Waals surface area (Å²) in [5.41, 5.74) is 0.519. The van der Waals surface area contributed by atoms with Gasteiger partial charge in [-0.2, -0.15) is 0 Å². The molecule has 1 fully saturated rings. The molecule has 1 aliphatic rings. The Hall–Kier alpha value is -5.87. The normalized spacial score (nSPS) is 15.9. The lowest BCUT2D eigenvalue weighted by atomic mass is 9.80. The van der Waals surface area contributed by atoms with Crippen LogP contribution in [-0.4, -0.2) is 197 Å². The number of hydrogen-bond acceptors (Lipinski definition) is 18. The average molecular weight is 1150 g/mol. The molecule has 0 aromatic rings. The van der Waals surface area contributed by atoms with E-state index in [2.05, 4.69) is 50.4 Å². The van der Waals surface area contributed by atoms with Gasteiger partial charge in [-0.25, -0.2) is 28.8 Å². The molecule has 81 heavy (non-hydrogen) atoms. The summed E-state index contributed by atoms with van der Waals surface area (Å²) >= 11 is 0. The van der Waals surface area contributed by atoms with Crippen molar-refractivity contribution in [2.75, 3.05) is 105 Å². The van der Waals surface area contributed by atoms with Crippen molar-refractivity contribution in [1.82, 2.24) is 35.6 Å². The zero-order valence-electron chi connectivity index (χ0n) is 51.6. The molecule has 0 spiro atoms. The standard InChI is InChI=1S/C59H101N7O15/c1-37(2)27-63(28-38(3)4)33-46(79-57(73)60-19-22-76-54(70)43(13)14)25-49-51(67)50(26-47(34-64(29-39(5)6)30-40(7)8)80-58(74)61-20-23-77-55(71)44(15)16)53(69)66(52(49)68)36-48(35-65(31-41(9)10)32-42(11)12)81-59(75)62-21-24-78-56(72)45(17)18/h37-42,46-50H,13,15,17,19-36H2,1-12,14,16,18H3,(H,60,73)(H,61,74)(H,62,75). The van der Waals surface area contributed by atoms with Crippen molar-refractivity contribution in [2.45, 2.75) is 135 Å². The van der Waals surface area contributed by atoms with Crippen molar-refractivity contribution < 1.29 is 71.6 Å². The summed E-state index contributed by atoms with van der Waals surface area (Å²) in [7, 11) is 0. The summed E-state index contributed by atoms with van der Waals surface area (Å²) in [6.07, 6.45) is -6.89. The third-order valence-corrected chi connectivity index (χ3v) is 12.0. The minimum Gasteiger partial charge on any atom is -0.460 e. The van der Waals surface area contributed by atoms with Gasteiger partial charge < -0.3 is 44.4 Å². The summed E-state index contributed by atoms with van der Waals surface area (Å²) in [5, 5.41) is 7.75. The van der Waals surface area contributed by atoms with Gasteiger partial charge in [0.25, 0.3) is 0 Å². The highest BCUT2D eigenvalue weighted by molar-refractivity contribution is 6.20. The molecule has 5 atom stereocenters. The minimum absolute atomic E-state index is 0.0642.